The van der Waals surface area contributed by atoms with Gasteiger partial charge in [0.15, 0.2) is 6.10 Å². The Bertz CT molecular complexity index is 1360. The van der Waals surface area contributed by atoms with Gasteiger partial charge in [0, 0.05) is 13.2 Å². The largest absolute Gasteiger partial charge is 0.494 e. The third-order valence-electron chi connectivity index (χ3n) is 7.41. The fourth-order valence-electron chi connectivity index (χ4n) is 4.70. The van der Waals surface area contributed by atoms with Gasteiger partial charge < -0.3 is 23.7 Å². The summed E-state index contributed by atoms with van der Waals surface area (Å²) in [6.45, 7) is 9.46. The average Bonchev–Trinajstić information content (AvgIpc) is 3.09. The van der Waals surface area contributed by atoms with Crippen LogP contribution in [0.15, 0.2) is 85.5 Å². The Morgan fingerprint density at radius 1 is 0.660 bits per heavy atom. The molecular formula is C39H48O8. The van der Waals surface area contributed by atoms with Gasteiger partial charge in [0.2, 0.25) is 0 Å². The zero-order chi connectivity index (χ0) is 33.7. The van der Waals surface area contributed by atoms with Crippen LogP contribution < -0.4 is 9.47 Å². The normalized spacial score (nSPS) is 11.4. The van der Waals surface area contributed by atoms with E-state index in [4.69, 9.17) is 23.7 Å². The Kier molecular flexibility index (Phi) is 16.8. The van der Waals surface area contributed by atoms with Crippen LogP contribution in [0.2, 0.25) is 0 Å². The maximum Gasteiger partial charge on any atom is 0.347 e. The molecule has 0 aliphatic carbocycles. The van der Waals surface area contributed by atoms with Gasteiger partial charge in [0.25, 0.3) is 0 Å². The van der Waals surface area contributed by atoms with Crippen LogP contribution in [0.25, 0.3) is 11.1 Å². The predicted molar refractivity (Wildman–Crippen MR) is 183 cm³/mol. The van der Waals surface area contributed by atoms with E-state index in [0.29, 0.717) is 23.5 Å². The van der Waals surface area contributed by atoms with Gasteiger partial charge >= 0.3 is 17.9 Å². The second kappa shape index (κ2) is 21.4. The molecule has 0 aromatic heterocycles. The van der Waals surface area contributed by atoms with Crippen molar-refractivity contribution >= 4 is 17.9 Å². The molecule has 0 aliphatic rings. The molecule has 0 aliphatic heterocycles. The summed E-state index contributed by atoms with van der Waals surface area (Å²) < 4.78 is 27.1. The van der Waals surface area contributed by atoms with Gasteiger partial charge in [-0.25, -0.2) is 14.4 Å². The number of hydrogen-bond donors (Lipinski definition) is 0. The topological polar surface area (TPSA) is 97.4 Å². The van der Waals surface area contributed by atoms with Crippen LogP contribution in [-0.4, -0.2) is 50.4 Å². The molecule has 47 heavy (non-hydrogen) atoms. The Morgan fingerprint density at radius 2 is 1.17 bits per heavy atom. The lowest BCUT2D eigenvalue weighted by Gasteiger charge is -2.12. The van der Waals surface area contributed by atoms with E-state index in [9.17, 15) is 14.4 Å². The molecule has 0 fully saturated rings. The molecule has 1 atom stereocenters. The number of carbonyl (C=O) groups is 3. The summed E-state index contributed by atoms with van der Waals surface area (Å²) in [5.74, 6) is -0.510. The third kappa shape index (κ3) is 13.8. The first-order valence-electron chi connectivity index (χ1n) is 16.6. The summed E-state index contributed by atoms with van der Waals surface area (Å²) in [5.41, 5.74) is 2.49. The van der Waals surface area contributed by atoms with Crippen molar-refractivity contribution in [3.63, 3.8) is 0 Å². The van der Waals surface area contributed by atoms with Gasteiger partial charge in [-0.1, -0.05) is 56.0 Å². The fourth-order valence-corrected chi connectivity index (χ4v) is 4.70. The lowest BCUT2D eigenvalue weighted by atomic mass is 10.0. The van der Waals surface area contributed by atoms with Crippen molar-refractivity contribution in [2.45, 2.75) is 77.7 Å². The van der Waals surface area contributed by atoms with Gasteiger partial charge in [-0.2, -0.15) is 0 Å². The van der Waals surface area contributed by atoms with Crippen molar-refractivity contribution in [2.24, 2.45) is 0 Å². The van der Waals surface area contributed by atoms with E-state index in [2.05, 4.69) is 6.58 Å². The Hall–Kier alpha value is -4.43. The van der Waals surface area contributed by atoms with Crippen LogP contribution in [0.3, 0.4) is 0 Å². The van der Waals surface area contributed by atoms with Crippen molar-refractivity contribution in [2.75, 3.05) is 26.4 Å². The van der Waals surface area contributed by atoms with Gasteiger partial charge in [-0.3, -0.25) is 0 Å². The number of carbonyl (C=O) groups excluding carboxylic acids is 3. The monoisotopic (exact) mass is 644 g/mol. The quantitative estimate of drug-likeness (QED) is 0.0463. The first-order chi connectivity index (χ1) is 22.9. The molecule has 252 valence electrons. The standard InChI is InChI=1S/C39H48O8/c1-4-6-7-12-27-43-28-13-10-8-9-11-14-29-45-35-23-21-34(22-24-35)39(42)47-36-25-19-32(20-26-36)31-15-17-33(18-16-31)38(41)46-30(3)37(40)44-5-2/h4,15-26,30H,1,5-14,27-29H2,2-3H3. The average molecular weight is 645 g/mol. The van der Waals surface area contributed by atoms with Crippen LogP contribution in [-0.2, 0) is 19.0 Å². The number of allylic oxidation sites excluding steroid dienone is 1. The van der Waals surface area contributed by atoms with E-state index in [0.717, 1.165) is 68.6 Å². The summed E-state index contributed by atoms with van der Waals surface area (Å²) in [6, 6.07) is 20.9. The minimum absolute atomic E-state index is 0.214. The maximum atomic E-state index is 12.7. The van der Waals surface area contributed by atoms with Gasteiger partial charge in [-0.15, -0.1) is 6.58 Å². The minimum Gasteiger partial charge on any atom is -0.494 e. The van der Waals surface area contributed by atoms with E-state index >= 15 is 0 Å². The van der Waals surface area contributed by atoms with Crippen LogP contribution in [0.1, 0.15) is 92.4 Å². The van der Waals surface area contributed by atoms with Crippen molar-refractivity contribution in [1.29, 1.82) is 0 Å². The number of benzene rings is 3. The molecule has 8 nitrogen and oxygen atoms in total. The highest BCUT2D eigenvalue weighted by atomic mass is 16.6. The van der Waals surface area contributed by atoms with Crippen LogP contribution in [0.4, 0.5) is 0 Å². The van der Waals surface area contributed by atoms with Gasteiger partial charge in [0.05, 0.1) is 24.3 Å². The number of esters is 3. The maximum absolute atomic E-state index is 12.7. The van der Waals surface area contributed by atoms with Crippen molar-refractivity contribution < 1.29 is 38.1 Å². The lowest BCUT2D eigenvalue weighted by molar-refractivity contribution is -0.152. The van der Waals surface area contributed by atoms with Crippen molar-refractivity contribution in [3.05, 3.63) is 96.6 Å². The Balaban J connectivity index is 1.33. The molecule has 3 rings (SSSR count). The van der Waals surface area contributed by atoms with Crippen molar-refractivity contribution in [1.82, 2.24) is 0 Å². The molecule has 0 N–H and O–H groups in total. The summed E-state index contributed by atoms with van der Waals surface area (Å²) in [5, 5.41) is 0. The molecule has 0 bridgehead atoms. The fraction of sp³-hybridized carbons (Fsp3) is 0.410. The second-order valence-electron chi connectivity index (χ2n) is 11.2. The van der Waals surface area contributed by atoms with E-state index in [1.807, 2.05) is 18.2 Å². The molecule has 0 spiro atoms. The Labute approximate surface area is 279 Å². The molecular weight excluding hydrogens is 596 g/mol. The Morgan fingerprint density at radius 3 is 1.79 bits per heavy atom. The highest BCUT2D eigenvalue weighted by Gasteiger charge is 2.20. The SMILES string of the molecule is C=CCCCCOCCCCCCCCOc1ccc(C(=O)Oc2ccc(-c3ccc(C(=O)OC(C)C(=O)OCC)cc3)cc2)cc1. The van der Waals surface area contributed by atoms with Gasteiger partial charge in [-0.05, 0) is 106 Å². The second-order valence-corrected chi connectivity index (χ2v) is 11.2. The highest BCUT2D eigenvalue weighted by molar-refractivity contribution is 5.92. The third-order valence-corrected chi connectivity index (χ3v) is 7.41. The first kappa shape index (κ1) is 37.0. The zero-order valence-corrected chi connectivity index (χ0v) is 27.7. The summed E-state index contributed by atoms with van der Waals surface area (Å²) >= 11 is 0. The van der Waals surface area contributed by atoms with E-state index in [1.54, 1.807) is 67.6 Å². The lowest BCUT2D eigenvalue weighted by Crippen LogP contribution is -2.26. The molecule has 3 aromatic carbocycles. The number of ether oxygens (including phenoxy) is 5. The molecule has 0 saturated heterocycles. The minimum atomic E-state index is -0.988. The molecule has 0 heterocycles. The number of hydrogen-bond acceptors (Lipinski definition) is 8. The molecule has 0 amide bonds. The summed E-state index contributed by atoms with van der Waals surface area (Å²) in [6.07, 6.45) is 11.1. The molecule has 3 aromatic rings. The summed E-state index contributed by atoms with van der Waals surface area (Å²) in [4.78, 5) is 36.7. The van der Waals surface area contributed by atoms with Crippen molar-refractivity contribution in [3.8, 4) is 22.6 Å². The first-order valence-corrected chi connectivity index (χ1v) is 16.6. The van der Waals surface area contributed by atoms with Gasteiger partial charge in [0.1, 0.15) is 11.5 Å². The number of rotatable bonds is 22. The van der Waals surface area contributed by atoms with Crippen LogP contribution >= 0.6 is 0 Å². The highest BCUT2D eigenvalue weighted by Crippen LogP contribution is 2.24. The molecule has 1 unspecified atom stereocenters. The van der Waals surface area contributed by atoms with E-state index < -0.39 is 24.0 Å². The number of unbranched alkanes of at least 4 members (excludes halogenated alkanes) is 7. The molecule has 0 saturated carbocycles. The van der Waals surface area contributed by atoms with E-state index in [1.165, 1.54) is 26.2 Å². The summed E-state index contributed by atoms with van der Waals surface area (Å²) in [7, 11) is 0. The van der Waals surface area contributed by atoms with Crippen LogP contribution in [0.5, 0.6) is 11.5 Å². The van der Waals surface area contributed by atoms with E-state index in [-0.39, 0.29) is 6.61 Å². The molecule has 8 heteroatoms. The smallest absolute Gasteiger partial charge is 0.347 e. The van der Waals surface area contributed by atoms with Crippen LogP contribution in [0, 0.1) is 0 Å². The predicted octanol–water partition coefficient (Wildman–Crippen LogP) is 8.77. The zero-order valence-electron chi connectivity index (χ0n) is 27.7. The molecule has 0 radical (unpaired) electrons.